The Hall–Kier alpha value is -0.610. The molecule has 1 aliphatic heterocycles. The van der Waals surface area contributed by atoms with Gasteiger partial charge in [0.1, 0.15) is 0 Å². The van der Waals surface area contributed by atoms with Crippen LogP contribution in [0.5, 0.6) is 0 Å². The van der Waals surface area contributed by atoms with E-state index < -0.39 is 0 Å². The van der Waals surface area contributed by atoms with Crippen LogP contribution in [-0.2, 0) is 4.74 Å². The molecule has 2 bridgehead atoms. The van der Waals surface area contributed by atoms with Crippen molar-refractivity contribution in [2.24, 2.45) is 17.0 Å². The summed E-state index contributed by atoms with van der Waals surface area (Å²) in [6.07, 6.45) is 4.32. The largest absolute Gasteiger partial charge is 0.411 e. The van der Waals surface area contributed by atoms with Crippen LogP contribution < -0.4 is 0 Å². The van der Waals surface area contributed by atoms with E-state index in [0.717, 1.165) is 18.8 Å². The molecule has 4 nitrogen and oxygen atoms in total. The number of hydrogen-bond acceptors (Lipinski definition) is 4. The number of nitrogens with zero attached hydrogens (tertiary/aromatic N) is 2. The van der Waals surface area contributed by atoms with Gasteiger partial charge in [-0.1, -0.05) is 5.16 Å². The van der Waals surface area contributed by atoms with E-state index in [0.29, 0.717) is 17.9 Å². The molecule has 0 unspecified atom stereocenters. The molecule has 0 aromatic heterocycles. The molecule has 0 radical (unpaired) electrons. The Bertz CT molecular complexity index is 321. The second-order valence-electron chi connectivity index (χ2n) is 5.95. The van der Waals surface area contributed by atoms with E-state index in [4.69, 9.17) is 4.74 Å². The Balaban J connectivity index is 1.79. The zero-order chi connectivity index (χ0) is 12.0. The zero-order valence-corrected chi connectivity index (χ0v) is 10.7. The number of morpholine rings is 1. The van der Waals surface area contributed by atoms with Crippen LogP contribution >= 0.6 is 0 Å². The first-order valence-electron chi connectivity index (χ1n) is 6.80. The quantitative estimate of drug-likeness (QED) is 0.559. The minimum atomic E-state index is 0.290. The molecular formula is C13H22N2O2. The van der Waals surface area contributed by atoms with Crippen molar-refractivity contribution in [3.05, 3.63) is 0 Å². The molecule has 2 saturated carbocycles. The van der Waals surface area contributed by atoms with Crippen LogP contribution in [-0.4, -0.2) is 47.2 Å². The summed E-state index contributed by atoms with van der Waals surface area (Å²) in [6.45, 7) is 6.20. The normalized spacial score (nSPS) is 49.1. The predicted molar refractivity (Wildman–Crippen MR) is 65.4 cm³/mol. The standard InChI is InChI=1S/C13H22N2O2/c1-8-6-15(7-9(2)17-8)13-11-4-3-10(5-11)12(13)14-16/h8-11,13,16H,3-7H2,1-2H3/b14-12+/t8-,9+,10-,11+,13+/m0/s1. The molecule has 0 aromatic rings. The van der Waals surface area contributed by atoms with Crippen molar-refractivity contribution in [2.75, 3.05) is 13.1 Å². The number of oxime groups is 1. The van der Waals surface area contributed by atoms with E-state index >= 15 is 0 Å². The summed E-state index contributed by atoms with van der Waals surface area (Å²) in [5, 5.41) is 12.9. The van der Waals surface area contributed by atoms with E-state index in [1.807, 2.05) is 0 Å². The molecule has 0 aromatic carbocycles. The van der Waals surface area contributed by atoms with Crippen molar-refractivity contribution in [3.8, 4) is 0 Å². The molecule has 5 atom stereocenters. The summed E-state index contributed by atoms with van der Waals surface area (Å²) in [5.41, 5.74) is 1.04. The Kier molecular flexibility index (Phi) is 2.87. The highest BCUT2D eigenvalue weighted by molar-refractivity contribution is 5.94. The van der Waals surface area contributed by atoms with Crippen molar-refractivity contribution in [3.63, 3.8) is 0 Å². The second-order valence-corrected chi connectivity index (χ2v) is 5.95. The van der Waals surface area contributed by atoms with E-state index in [-0.39, 0.29) is 12.2 Å². The SMILES string of the molecule is C[C@@H]1CN([C@H]2/C(=N/O)[C@H]3CC[C@@H]2C3)C[C@H](C)O1. The van der Waals surface area contributed by atoms with Crippen molar-refractivity contribution < 1.29 is 9.94 Å². The molecule has 3 fully saturated rings. The molecule has 2 aliphatic carbocycles. The van der Waals surface area contributed by atoms with E-state index in [1.165, 1.54) is 19.3 Å². The highest BCUT2D eigenvalue weighted by atomic mass is 16.5. The van der Waals surface area contributed by atoms with Crippen LogP contribution in [0.15, 0.2) is 5.16 Å². The van der Waals surface area contributed by atoms with Gasteiger partial charge in [-0.2, -0.15) is 0 Å². The lowest BCUT2D eigenvalue weighted by Gasteiger charge is -2.41. The monoisotopic (exact) mass is 238 g/mol. The van der Waals surface area contributed by atoms with Crippen LogP contribution in [0.1, 0.15) is 33.1 Å². The first kappa shape index (κ1) is 11.5. The van der Waals surface area contributed by atoms with Crippen LogP contribution in [0.3, 0.4) is 0 Å². The lowest BCUT2D eigenvalue weighted by Crippen LogP contribution is -2.54. The first-order valence-corrected chi connectivity index (χ1v) is 6.80. The number of rotatable bonds is 1. The fourth-order valence-electron chi connectivity index (χ4n) is 4.13. The highest BCUT2D eigenvalue weighted by Crippen LogP contribution is 2.45. The maximum atomic E-state index is 9.25. The van der Waals surface area contributed by atoms with Gasteiger partial charge in [0.15, 0.2) is 0 Å². The van der Waals surface area contributed by atoms with Crippen molar-refractivity contribution in [1.82, 2.24) is 4.90 Å². The Morgan fingerprint density at radius 2 is 1.94 bits per heavy atom. The van der Waals surface area contributed by atoms with Crippen molar-refractivity contribution in [2.45, 2.75) is 51.4 Å². The fraction of sp³-hybridized carbons (Fsp3) is 0.923. The summed E-state index contributed by atoms with van der Waals surface area (Å²) in [4.78, 5) is 2.48. The summed E-state index contributed by atoms with van der Waals surface area (Å²) in [5.74, 6) is 1.26. The smallest absolute Gasteiger partial charge is 0.0775 e. The van der Waals surface area contributed by atoms with Gasteiger partial charge in [0, 0.05) is 19.0 Å². The van der Waals surface area contributed by atoms with Gasteiger partial charge in [-0.15, -0.1) is 0 Å². The van der Waals surface area contributed by atoms with Gasteiger partial charge in [-0.25, -0.2) is 0 Å². The number of ether oxygens (including phenoxy) is 1. The minimum Gasteiger partial charge on any atom is -0.411 e. The summed E-state index contributed by atoms with van der Waals surface area (Å²) in [6, 6.07) is 0.382. The van der Waals surface area contributed by atoms with Crippen molar-refractivity contribution in [1.29, 1.82) is 0 Å². The average Bonchev–Trinajstić information content (AvgIpc) is 2.86. The van der Waals surface area contributed by atoms with Gasteiger partial charge in [0.05, 0.1) is 24.0 Å². The highest BCUT2D eigenvalue weighted by Gasteiger charge is 2.49. The summed E-state index contributed by atoms with van der Waals surface area (Å²) in [7, 11) is 0. The molecular weight excluding hydrogens is 216 g/mol. The predicted octanol–water partition coefficient (Wildman–Crippen LogP) is 1.72. The summed E-state index contributed by atoms with van der Waals surface area (Å²) < 4.78 is 5.78. The molecule has 1 saturated heterocycles. The summed E-state index contributed by atoms with van der Waals surface area (Å²) >= 11 is 0. The zero-order valence-electron chi connectivity index (χ0n) is 10.7. The van der Waals surface area contributed by atoms with Gasteiger partial charge in [-0.05, 0) is 39.0 Å². The Morgan fingerprint density at radius 1 is 1.24 bits per heavy atom. The Morgan fingerprint density at radius 3 is 2.59 bits per heavy atom. The third kappa shape index (κ3) is 1.87. The van der Waals surface area contributed by atoms with Crippen LogP contribution in [0.2, 0.25) is 0 Å². The lowest BCUT2D eigenvalue weighted by molar-refractivity contribution is -0.0777. The molecule has 1 N–H and O–H groups in total. The molecule has 1 heterocycles. The average molecular weight is 238 g/mol. The third-order valence-corrected chi connectivity index (χ3v) is 4.60. The molecule has 0 amide bonds. The molecule has 96 valence electrons. The maximum absolute atomic E-state index is 9.25. The molecule has 3 aliphatic rings. The molecule has 17 heavy (non-hydrogen) atoms. The minimum absolute atomic E-state index is 0.290. The van der Waals surface area contributed by atoms with Gasteiger partial charge in [0.25, 0.3) is 0 Å². The van der Waals surface area contributed by atoms with Crippen LogP contribution in [0.4, 0.5) is 0 Å². The second kappa shape index (κ2) is 4.25. The molecule has 0 spiro atoms. The first-order chi connectivity index (χ1) is 8.19. The Labute approximate surface area is 103 Å². The van der Waals surface area contributed by atoms with Gasteiger partial charge in [0.2, 0.25) is 0 Å². The maximum Gasteiger partial charge on any atom is 0.0775 e. The van der Waals surface area contributed by atoms with Crippen LogP contribution in [0.25, 0.3) is 0 Å². The van der Waals surface area contributed by atoms with E-state index in [1.54, 1.807) is 0 Å². The van der Waals surface area contributed by atoms with Gasteiger partial charge in [-0.3, -0.25) is 4.90 Å². The van der Waals surface area contributed by atoms with E-state index in [2.05, 4.69) is 23.9 Å². The topological polar surface area (TPSA) is 45.1 Å². The molecule has 4 heteroatoms. The molecule has 3 rings (SSSR count). The van der Waals surface area contributed by atoms with Gasteiger partial charge >= 0.3 is 0 Å². The fourth-order valence-corrected chi connectivity index (χ4v) is 4.13. The number of hydrogen-bond donors (Lipinski definition) is 1. The third-order valence-electron chi connectivity index (χ3n) is 4.60. The van der Waals surface area contributed by atoms with Gasteiger partial charge < -0.3 is 9.94 Å². The van der Waals surface area contributed by atoms with Crippen molar-refractivity contribution >= 4 is 5.71 Å². The van der Waals surface area contributed by atoms with Crippen LogP contribution in [0, 0.1) is 11.8 Å². The lowest BCUT2D eigenvalue weighted by atomic mass is 9.91. The van der Waals surface area contributed by atoms with E-state index in [9.17, 15) is 5.21 Å². The number of fused-ring (bicyclic) bond motifs is 2.